The van der Waals surface area contributed by atoms with E-state index in [0.717, 1.165) is 17.1 Å². The van der Waals surface area contributed by atoms with Gasteiger partial charge in [0.1, 0.15) is 5.01 Å². The predicted octanol–water partition coefficient (Wildman–Crippen LogP) is 2.56. The molecule has 0 saturated carbocycles. The Morgan fingerprint density at radius 1 is 1.50 bits per heavy atom. The van der Waals surface area contributed by atoms with Crippen LogP contribution in [0.2, 0.25) is 0 Å². The van der Waals surface area contributed by atoms with Crippen LogP contribution < -0.4 is 16.8 Å². The smallest absolute Gasteiger partial charge is 0.248 e. The summed E-state index contributed by atoms with van der Waals surface area (Å²) < 4.78 is 0. The number of thiazole rings is 1. The standard InChI is InChI=1S/C14H18N4OS/c1-3-10-7-17-14(20-10)8(2)18-12-5-4-9(13(16)19)6-11(12)15/h4-8,18H,3,15H2,1-2H3,(H2,16,19). The summed E-state index contributed by atoms with van der Waals surface area (Å²) in [6.45, 7) is 4.13. The van der Waals surface area contributed by atoms with Crippen molar-refractivity contribution < 1.29 is 4.79 Å². The van der Waals surface area contributed by atoms with Gasteiger partial charge >= 0.3 is 0 Å². The average Bonchev–Trinajstić information content (AvgIpc) is 2.89. The number of primary amides is 1. The van der Waals surface area contributed by atoms with E-state index >= 15 is 0 Å². The topological polar surface area (TPSA) is 94.0 Å². The van der Waals surface area contributed by atoms with E-state index in [0.29, 0.717) is 11.3 Å². The Hall–Kier alpha value is -2.08. The number of aromatic nitrogens is 1. The normalized spacial score (nSPS) is 12.1. The summed E-state index contributed by atoms with van der Waals surface area (Å²) in [5.41, 5.74) is 12.8. The van der Waals surface area contributed by atoms with E-state index in [-0.39, 0.29) is 6.04 Å². The molecule has 106 valence electrons. The molecular weight excluding hydrogens is 272 g/mol. The molecule has 2 aromatic rings. The second-order valence-electron chi connectivity index (χ2n) is 4.55. The van der Waals surface area contributed by atoms with Crippen molar-refractivity contribution in [3.8, 4) is 0 Å². The molecule has 1 unspecified atom stereocenters. The van der Waals surface area contributed by atoms with Gasteiger partial charge in [0, 0.05) is 16.6 Å². The number of nitrogens with one attached hydrogen (secondary N) is 1. The summed E-state index contributed by atoms with van der Waals surface area (Å²) in [7, 11) is 0. The summed E-state index contributed by atoms with van der Waals surface area (Å²) in [6.07, 6.45) is 2.89. The number of rotatable bonds is 5. The number of nitrogen functional groups attached to an aromatic ring is 1. The van der Waals surface area contributed by atoms with Crippen molar-refractivity contribution in [2.75, 3.05) is 11.1 Å². The summed E-state index contributed by atoms with van der Waals surface area (Å²) >= 11 is 1.69. The van der Waals surface area contributed by atoms with Crippen molar-refractivity contribution in [2.24, 2.45) is 5.73 Å². The molecule has 1 atom stereocenters. The van der Waals surface area contributed by atoms with Crippen molar-refractivity contribution in [3.05, 3.63) is 39.8 Å². The van der Waals surface area contributed by atoms with Crippen LogP contribution in [-0.2, 0) is 6.42 Å². The molecule has 0 aliphatic rings. The zero-order chi connectivity index (χ0) is 14.7. The van der Waals surface area contributed by atoms with Gasteiger partial charge in [0.2, 0.25) is 5.91 Å². The molecule has 0 aliphatic heterocycles. The number of carbonyl (C=O) groups is 1. The van der Waals surface area contributed by atoms with Gasteiger partial charge in [-0.1, -0.05) is 6.92 Å². The number of aryl methyl sites for hydroxylation is 1. The highest BCUT2D eigenvalue weighted by Gasteiger charge is 2.12. The number of carbonyl (C=O) groups excluding carboxylic acids is 1. The molecule has 2 rings (SSSR count). The Labute approximate surface area is 122 Å². The first-order valence-corrected chi connectivity index (χ1v) is 7.23. The van der Waals surface area contributed by atoms with Crippen molar-refractivity contribution in [2.45, 2.75) is 26.3 Å². The monoisotopic (exact) mass is 290 g/mol. The minimum absolute atomic E-state index is 0.0574. The van der Waals surface area contributed by atoms with Gasteiger partial charge in [-0.05, 0) is 31.5 Å². The SMILES string of the molecule is CCc1cnc(C(C)Nc2ccc(C(N)=O)cc2N)s1. The molecule has 0 saturated heterocycles. The van der Waals surface area contributed by atoms with Crippen molar-refractivity contribution in [3.63, 3.8) is 0 Å². The van der Waals surface area contributed by atoms with Crippen LogP contribution in [0.4, 0.5) is 11.4 Å². The predicted molar refractivity (Wildman–Crippen MR) is 82.9 cm³/mol. The van der Waals surface area contributed by atoms with Crippen molar-refractivity contribution >= 4 is 28.6 Å². The van der Waals surface area contributed by atoms with E-state index in [1.165, 1.54) is 4.88 Å². The summed E-state index contributed by atoms with van der Waals surface area (Å²) in [5.74, 6) is -0.483. The third-order valence-electron chi connectivity index (χ3n) is 3.00. The number of nitrogens with two attached hydrogens (primary N) is 2. The molecule has 1 aromatic carbocycles. The molecule has 20 heavy (non-hydrogen) atoms. The molecule has 6 heteroatoms. The molecule has 0 bridgehead atoms. The highest BCUT2D eigenvalue weighted by Crippen LogP contribution is 2.27. The van der Waals surface area contributed by atoms with E-state index in [2.05, 4.69) is 17.2 Å². The number of nitrogens with zero attached hydrogens (tertiary/aromatic N) is 1. The van der Waals surface area contributed by atoms with Gasteiger partial charge in [-0.25, -0.2) is 4.98 Å². The molecule has 5 N–H and O–H groups in total. The lowest BCUT2D eigenvalue weighted by Gasteiger charge is -2.15. The van der Waals surface area contributed by atoms with Gasteiger partial charge in [0.15, 0.2) is 0 Å². The number of hydrogen-bond acceptors (Lipinski definition) is 5. The van der Waals surface area contributed by atoms with Crippen LogP contribution in [0, 0.1) is 0 Å². The van der Waals surface area contributed by atoms with Gasteiger partial charge in [-0.2, -0.15) is 0 Å². The van der Waals surface area contributed by atoms with Crippen LogP contribution in [0.15, 0.2) is 24.4 Å². The van der Waals surface area contributed by atoms with E-state index in [4.69, 9.17) is 11.5 Å². The van der Waals surface area contributed by atoms with E-state index in [1.807, 2.05) is 13.1 Å². The summed E-state index contributed by atoms with van der Waals surface area (Å²) in [4.78, 5) is 16.7. The van der Waals surface area contributed by atoms with E-state index in [1.54, 1.807) is 29.5 Å². The number of amides is 1. The van der Waals surface area contributed by atoms with Crippen LogP contribution in [0.1, 0.15) is 40.1 Å². The lowest BCUT2D eigenvalue weighted by Crippen LogP contribution is -2.13. The first-order chi connectivity index (χ1) is 9.51. The zero-order valence-electron chi connectivity index (χ0n) is 11.5. The fourth-order valence-electron chi connectivity index (χ4n) is 1.83. The van der Waals surface area contributed by atoms with Crippen LogP contribution in [0.25, 0.3) is 0 Å². The Kier molecular flexibility index (Phi) is 4.24. The molecular formula is C14H18N4OS. The minimum Gasteiger partial charge on any atom is -0.397 e. The molecule has 0 aliphatic carbocycles. The number of anilines is 2. The zero-order valence-corrected chi connectivity index (χ0v) is 12.3. The average molecular weight is 290 g/mol. The Bertz CT molecular complexity index is 623. The van der Waals surface area contributed by atoms with Gasteiger partial charge in [0.25, 0.3) is 0 Å². The van der Waals surface area contributed by atoms with E-state index < -0.39 is 5.91 Å². The highest BCUT2D eigenvalue weighted by molar-refractivity contribution is 7.11. The van der Waals surface area contributed by atoms with Crippen molar-refractivity contribution in [1.82, 2.24) is 4.98 Å². The fourth-order valence-corrected chi connectivity index (χ4v) is 2.69. The molecule has 1 aromatic heterocycles. The number of benzene rings is 1. The highest BCUT2D eigenvalue weighted by atomic mass is 32.1. The molecule has 0 spiro atoms. The lowest BCUT2D eigenvalue weighted by atomic mass is 10.1. The number of hydrogen-bond donors (Lipinski definition) is 3. The lowest BCUT2D eigenvalue weighted by molar-refractivity contribution is 0.100. The quantitative estimate of drug-likeness (QED) is 0.738. The van der Waals surface area contributed by atoms with Crippen LogP contribution in [0.3, 0.4) is 0 Å². The largest absolute Gasteiger partial charge is 0.397 e. The molecule has 1 amide bonds. The summed E-state index contributed by atoms with van der Waals surface area (Å²) in [5, 5.41) is 4.31. The van der Waals surface area contributed by atoms with Gasteiger partial charge in [-0.3, -0.25) is 4.79 Å². The van der Waals surface area contributed by atoms with E-state index in [9.17, 15) is 4.79 Å². The van der Waals surface area contributed by atoms with Gasteiger partial charge in [0.05, 0.1) is 17.4 Å². The maximum absolute atomic E-state index is 11.1. The molecule has 1 heterocycles. The summed E-state index contributed by atoms with van der Waals surface area (Å²) in [6, 6.07) is 5.06. The first-order valence-electron chi connectivity index (χ1n) is 6.41. The Balaban J connectivity index is 2.15. The Morgan fingerprint density at radius 2 is 2.25 bits per heavy atom. The third-order valence-corrected chi connectivity index (χ3v) is 4.32. The minimum atomic E-state index is -0.483. The second-order valence-corrected chi connectivity index (χ2v) is 5.70. The maximum Gasteiger partial charge on any atom is 0.248 e. The third kappa shape index (κ3) is 3.08. The molecule has 5 nitrogen and oxygen atoms in total. The van der Waals surface area contributed by atoms with Gasteiger partial charge < -0.3 is 16.8 Å². The Morgan fingerprint density at radius 3 is 2.80 bits per heavy atom. The van der Waals surface area contributed by atoms with Crippen LogP contribution in [0.5, 0.6) is 0 Å². The van der Waals surface area contributed by atoms with Crippen LogP contribution >= 0.6 is 11.3 Å². The molecule has 0 fully saturated rings. The van der Waals surface area contributed by atoms with Crippen molar-refractivity contribution in [1.29, 1.82) is 0 Å². The maximum atomic E-state index is 11.1. The van der Waals surface area contributed by atoms with Gasteiger partial charge in [-0.15, -0.1) is 11.3 Å². The first kappa shape index (κ1) is 14.3. The molecule has 0 radical (unpaired) electrons. The second kappa shape index (κ2) is 5.92. The van der Waals surface area contributed by atoms with Crippen LogP contribution in [-0.4, -0.2) is 10.9 Å². The fraction of sp³-hybridized carbons (Fsp3) is 0.286.